The first kappa shape index (κ1) is 20.0. The Morgan fingerprint density at radius 1 is 1.18 bits per heavy atom. The van der Waals surface area contributed by atoms with Gasteiger partial charge in [0.05, 0.1) is 12.1 Å². The van der Waals surface area contributed by atoms with E-state index in [4.69, 9.17) is 12.2 Å². The van der Waals surface area contributed by atoms with Crippen molar-refractivity contribution in [2.24, 2.45) is 0 Å². The van der Waals surface area contributed by atoms with E-state index in [-0.39, 0.29) is 12.2 Å². The van der Waals surface area contributed by atoms with E-state index >= 15 is 0 Å². The number of aryl methyl sites for hydroxylation is 2. The lowest BCUT2D eigenvalue weighted by molar-refractivity contribution is 0.266. The fraction of sp³-hybridized carbons (Fsp3) is 0.273. The van der Waals surface area contributed by atoms with Gasteiger partial charge < -0.3 is 20.3 Å². The number of thiocarbonyl (C=S) groups is 1. The number of benzene rings is 2. The van der Waals surface area contributed by atoms with E-state index in [0.29, 0.717) is 30.2 Å². The van der Waals surface area contributed by atoms with Gasteiger partial charge in [0.2, 0.25) is 0 Å². The molecule has 3 aromatic rings. The quantitative estimate of drug-likeness (QED) is 0.555. The minimum Gasteiger partial charge on any atom is -0.396 e. The first-order valence-corrected chi connectivity index (χ1v) is 9.74. The third kappa shape index (κ3) is 4.77. The number of hydrogen-bond acceptors (Lipinski definition) is 3. The molecule has 0 spiro atoms. The minimum atomic E-state index is -0.115. The fourth-order valence-corrected chi connectivity index (χ4v) is 3.57. The van der Waals surface area contributed by atoms with Crippen LogP contribution in [-0.4, -0.2) is 33.3 Å². The van der Waals surface area contributed by atoms with Crippen LogP contribution in [0.25, 0.3) is 10.9 Å². The van der Waals surface area contributed by atoms with Crippen LogP contribution in [0.1, 0.15) is 23.1 Å². The van der Waals surface area contributed by atoms with Crippen molar-refractivity contribution < 1.29 is 5.11 Å². The van der Waals surface area contributed by atoms with Gasteiger partial charge in [-0.15, -0.1) is 0 Å². The van der Waals surface area contributed by atoms with Crippen LogP contribution in [0.3, 0.4) is 0 Å². The summed E-state index contributed by atoms with van der Waals surface area (Å²) in [6, 6.07) is 15.7. The molecular formula is C22H25N3O2S. The molecule has 6 heteroatoms. The molecule has 5 nitrogen and oxygen atoms in total. The maximum atomic E-state index is 12.7. The summed E-state index contributed by atoms with van der Waals surface area (Å²) in [6.07, 6.45) is 0.570. The maximum absolute atomic E-state index is 12.7. The summed E-state index contributed by atoms with van der Waals surface area (Å²) in [7, 11) is 0. The number of nitrogens with zero attached hydrogens (tertiary/aromatic N) is 1. The summed E-state index contributed by atoms with van der Waals surface area (Å²) in [4.78, 5) is 17.6. The summed E-state index contributed by atoms with van der Waals surface area (Å²) >= 11 is 5.57. The number of fused-ring (bicyclic) bond motifs is 1. The second kappa shape index (κ2) is 8.99. The van der Waals surface area contributed by atoms with Crippen molar-refractivity contribution in [3.63, 3.8) is 0 Å². The summed E-state index contributed by atoms with van der Waals surface area (Å²) in [5.41, 5.74) is 4.49. The highest BCUT2D eigenvalue weighted by Crippen LogP contribution is 2.19. The molecule has 0 aliphatic rings. The number of pyridine rings is 1. The van der Waals surface area contributed by atoms with Gasteiger partial charge in [-0.05, 0) is 67.7 Å². The van der Waals surface area contributed by atoms with E-state index < -0.39 is 0 Å². The highest BCUT2D eigenvalue weighted by Gasteiger charge is 2.14. The third-order valence-electron chi connectivity index (χ3n) is 4.63. The predicted molar refractivity (Wildman–Crippen MR) is 119 cm³/mol. The van der Waals surface area contributed by atoms with Crippen molar-refractivity contribution in [1.82, 2.24) is 9.88 Å². The van der Waals surface area contributed by atoms with E-state index in [1.807, 2.05) is 55.1 Å². The largest absolute Gasteiger partial charge is 0.396 e. The predicted octanol–water partition coefficient (Wildman–Crippen LogP) is 3.73. The molecule has 0 unspecified atom stereocenters. The number of H-pyrrole nitrogens is 1. The molecule has 28 heavy (non-hydrogen) atoms. The van der Waals surface area contributed by atoms with Crippen molar-refractivity contribution in [1.29, 1.82) is 0 Å². The van der Waals surface area contributed by atoms with Gasteiger partial charge in [0.25, 0.3) is 5.56 Å². The number of nitrogens with one attached hydrogen (secondary N) is 2. The Morgan fingerprint density at radius 2 is 1.93 bits per heavy atom. The Bertz CT molecular complexity index is 1030. The SMILES string of the molecule is Cc1cc(C)c2[nH]c(=O)c(CN(CCCO)C(=S)Nc3ccccc3)cc2c1. The Balaban J connectivity index is 1.88. The summed E-state index contributed by atoms with van der Waals surface area (Å²) in [5, 5.41) is 14.0. The molecule has 0 saturated heterocycles. The number of aromatic nitrogens is 1. The number of aromatic amines is 1. The minimum absolute atomic E-state index is 0.0664. The zero-order valence-electron chi connectivity index (χ0n) is 16.2. The summed E-state index contributed by atoms with van der Waals surface area (Å²) < 4.78 is 0. The van der Waals surface area contributed by atoms with Gasteiger partial charge in [-0.2, -0.15) is 0 Å². The van der Waals surface area contributed by atoms with Gasteiger partial charge in [0.1, 0.15) is 0 Å². The zero-order chi connectivity index (χ0) is 20.1. The summed E-state index contributed by atoms with van der Waals surface area (Å²) in [5.74, 6) is 0. The molecule has 0 bridgehead atoms. The molecule has 146 valence electrons. The first-order chi connectivity index (χ1) is 13.5. The third-order valence-corrected chi connectivity index (χ3v) is 4.99. The Hall–Kier alpha value is -2.70. The van der Waals surface area contributed by atoms with Gasteiger partial charge in [0.15, 0.2) is 5.11 Å². The topological polar surface area (TPSA) is 68.4 Å². The smallest absolute Gasteiger partial charge is 0.253 e. The molecule has 0 aliphatic carbocycles. The van der Waals surface area contributed by atoms with Gasteiger partial charge in [-0.1, -0.05) is 29.8 Å². The summed E-state index contributed by atoms with van der Waals surface area (Å²) in [6.45, 7) is 5.04. The van der Waals surface area contributed by atoms with E-state index in [9.17, 15) is 9.90 Å². The Kier molecular flexibility index (Phi) is 6.44. The lowest BCUT2D eigenvalue weighted by Gasteiger charge is -2.25. The number of para-hydroxylation sites is 1. The van der Waals surface area contributed by atoms with Gasteiger partial charge in [0, 0.05) is 24.4 Å². The van der Waals surface area contributed by atoms with Gasteiger partial charge >= 0.3 is 0 Å². The van der Waals surface area contributed by atoms with Crippen LogP contribution in [0.15, 0.2) is 53.3 Å². The Labute approximate surface area is 170 Å². The average molecular weight is 396 g/mol. The standard InChI is InChI=1S/C22H25N3O2S/c1-15-11-16(2)20-17(12-15)13-18(21(27)24-20)14-25(9-6-10-26)22(28)23-19-7-4-3-5-8-19/h3-5,7-8,11-13,26H,6,9-10,14H2,1-2H3,(H,23,28)(H,24,27). The van der Waals surface area contributed by atoms with Crippen molar-refractivity contribution in [2.45, 2.75) is 26.8 Å². The lowest BCUT2D eigenvalue weighted by atomic mass is 10.1. The van der Waals surface area contributed by atoms with Crippen LogP contribution in [0.5, 0.6) is 0 Å². The molecular weight excluding hydrogens is 370 g/mol. The zero-order valence-corrected chi connectivity index (χ0v) is 17.0. The van der Waals surface area contributed by atoms with E-state index in [2.05, 4.69) is 22.4 Å². The van der Waals surface area contributed by atoms with Crippen LogP contribution in [0, 0.1) is 13.8 Å². The van der Waals surface area contributed by atoms with Crippen LogP contribution in [0.4, 0.5) is 5.69 Å². The normalized spacial score (nSPS) is 10.8. The Morgan fingerprint density at radius 3 is 2.64 bits per heavy atom. The van der Waals surface area contributed by atoms with Crippen LogP contribution < -0.4 is 10.9 Å². The van der Waals surface area contributed by atoms with E-state index in [1.54, 1.807) is 0 Å². The van der Waals surface area contributed by atoms with Crippen molar-refractivity contribution in [3.8, 4) is 0 Å². The molecule has 1 aromatic heterocycles. The van der Waals surface area contributed by atoms with E-state index in [0.717, 1.165) is 27.7 Å². The molecule has 0 fully saturated rings. The molecule has 0 saturated carbocycles. The monoisotopic (exact) mass is 395 g/mol. The molecule has 0 aliphatic heterocycles. The molecule has 2 aromatic carbocycles. The number of aliphatic hydroxyl groups is 1. The van der Waals surface area contributed by atoms with Crippen LogP contribution in [-0.2, 0) is 6.54 Å². The van der Waals surface area contributed by atoms with E-state index in [1.165, 1.54) is 0 Å². The van der Waals surface area contributed by atoms with Crippen LogP contribution in [0.2, 0.25) is 0 Å². The van der Waals surface area contributed by atoms with Crippen molar-refractivity contribution >= 4 is 33.9 Å². The highest BCUT2D eigenvalue weighted by atomic mass is 32.1. The van der Waals surface area contributed by atoms with Gasteiger partial charge in [-0.3, -0.25) is 4.79 Å². The first-order valence-electron chi connectivity index (χ1n) is 9.33. The highest BCUT2D eigenvalue weighted by molar-refractivity contribution is 7.80. The van der Waals surface area contributed by atoms with Gasteiger partial charge in [-0.25, -0.2) is 0 Å². The number of aliphatic hydroxyl groups excluding tert-OH is 1. The fourth-order valence-electron chi connectivity index (χ4n) is 3.29. The molecule has 3 rings (SSSR count). The molecule has 0 atom stereocenters. The molecule has 0 amide bonds. The maximum Gasteiger partial charge on any atom is 0.253 e. The van der Waals surface area contributed by atoms with Crippen molar-refractivity contribution in [3.05, 3.63) is 75.6 Å². The number of anilines is 1. The lowest BCUT2D eigenvalue weighted by Crippen LogP contribution is -2.37. The van der Waals surface area contributed by atoms with Crippen LogP contribution >= 0.6 is 12.2 Å². The molecule has 1 heterocycles. The van der Waals surface area contributed by atoms with Crippen molar-refractivity contribution in [2.75, 3.05) is 18.5 Å². The number of hydrogen-bond donors (Lipinski definition) is 3. The average Bonchev–Trinajstić information content (AvgIpc) is 2.66. The molecule has 3 N–H and O–H groups in total. The second-order valence-electron chi connectivity index (χ2n) is 6.96. The second-order valence-corrected chi connectivity index (χ2v) is 7.35. The molecule has 0 radical (unpaired) electrons. The number of rotatable bonds is 6.